The second-order valence-corrected chi connectivity index (χ2v) is 14.8. The number of aliphatic hydroxyl groups is 1. The van der Waals surface area contributed by atoms with Gasteiger partial charge in [0, 0.05) is 16.7 Å². The van der Waals surface area contributed by atoms with Gasteiger partial charge in [0.05, 0.1) is 18.3 Å². The van der Waals surface area contributed by atoms with Crippen molar-refractivity contribution >= 4 is 52.3 Å². The molecule has 5 rings (SSSR count). The summed E-state index contributed by atoms with van der Waals surface area (Å²) in [6.45, 7) is 5.86. The van der Waals surface area contributed by atoms with Crippen molar-refractivity contribution in [1.82, 2.24) is 20.9 Å². The third-order valence-corrected chi connectivity index (χ3v) is 10.3. The monoisotopic (exact) mass is 727 g/mol. The van der Waals surface area contributed by atoms with Crippen molar-refractivity contribution in [3.63, 3.8) is 0 Å². The van der Waals surface area contributed by atoms with Crippen LogP contribution in [0.15, 0.2) is 94.1 Å². The Bertz CT molecular complexity index is 2030. The number of benzene rings is 3. The van der Waals surface area contributed by atoms with E-state index >= 15 is 0 Å². The molecule has 0 spiro atoms. The summed E-state index contributed by atoms with van der Waals surface area (Å²) < 4.78 is 4.53. The molecule has 1 aromatic heterocycles. The third-order valence-electron chi connectivity index (χ3n) is 8.96. The SMILES string of the molecule is Cc1ccccc1CNC(=O)[C@H]1N(C(=O)[C@@H](O)[C@H](Cc2ccccc2)NC(=O)[C@H](CC(N)=O)NC(=O)c2cc3ccccc3oc2=O)CSC1(C)C. The summed E-state index contributed by atoms with van der Waals surface area (Å²) in [6, 6.07) is 20.4. The third kappa shape index (κ3) is 8.87. The molecule has 272 valence electrons. The molecule has 1 fully saturated rings. The zero-order valence-corrected chi connectivity index (χ0v) is 29.8. The van der Waals surface area contributed by atoms with Gasteiger partial charge in [0.1, 0.15) is 23.2 Å². The second-order valence-electron chi connectivity index (χ2n) is 13.2. The Morgan fingerprint density at radius 2 is 1.65 bits per heavy atom. The summed E-state index contributed by atoms with van der Waals surface area (Å²) in [5.74, 6) is -3.95. The normalized spacial score (nSPS) is 16.8. The van der Waals surface area contributed by atoms with Crippen molar-refractivity contribution < 1.29 is 33.5 Å². The highest BCUT2D eigenvalue weighted by Crippen LogP contribution is 2.40. The largest absolute Gasteiger partial charge is 0.422 e. The highest BCUT2D eigenvalue weighted by Gasteiger charge is 2.50. The van der Waals surface area contributed by atoms with Crippen LogP contribution < -0.4 is 27.3 Å². The molecule has 52 heavy (non-hydrogen) atoms. The molecule has 0 radical (unpaired) electrons. The van der Waals surface area contributed by atoms with Crippen molar-refractivity contribution in [1.29, 1.82) is 0 Å². The first-order valence-corrected chi connectivity index (χ1v) is 17.6. The van der Waals surface area contributed by atoms with E-state index in [0.29, 0.717) is 10.9 Å². The molecule has 0 bridgehead atoms. The molecule has 3 aromatic carbocycles. The maximum Gasteiger partial charge on any atom is 0.349 e. The lowest BCUT2D eigenvalue weighted by Gasteiger charge is -2.33. The molecular weight excluding hydrogens is 687 g/mol. The van der Waals surface area contributed by atoms with E-state index in [2.05, 4.69) is 16.0 Å². The zero-order valence-electron chi connectivity index (χ0n) is 29.0. The van der Waals surface area contributed by atoms with E-state index in [1.165, 1.54) is 22.7 Å². The molecule has 1 aliphatic heterocycles. The number of amides is 5. The van der Waals surface area contributed by atoms with Crippen LogP contribution in [-0.2, 0) is 32.1 Å². The molecule has 0 saturated carbocycles. The number of primary amides is 1. The van der Waals surface area contributed by atoms with Gasteiger partial charge in [-0.15, -0.1) is 11.8 Å². The van der Waals surface area contributed by atoms with Crippen LogP contribution in [-0.4, -0.2) is 74.4 Å². The number of carbonyl (C=O) groups is 5. The van der Waals surface area contributed by atoms with E-state index in [0.717, 1.165) is 11.1 Å². The van der Waals surface area contributed by atoms with Crippen LogP contribution in [0.1, 0.15) is 47.3 Å². The number of hydrogen-bond acceptors (Lipinski definition) is 9. The summed E-state index contributed by atoms with van der Waals surface area (Å²) in [5.41, 5.74) is 6.90. The van der Waals surface area contributed by atoms with Crippen LogP contribution in [0, 0.1) is 6.92 Å². The van der Waals surface area contributed by atoms with Crippen molar-refractivity contribution in [3.8, 4) is 0 Å². The number of fused-ring (bicyclic) bond motifs is 1. The quantitative estimate of drug-likeness (QED) is 0.128. The molecule has 4 atom stereocenters. The predicted octanol–water partition coefficient (Wildman–Crippen LogP) is 2.16. The van der Waals surface area contributed by atoms with Crippen LogP contribution in [0.3, 0.4) is 0 Å². The first-order chi connectivity index (χ1) is 24.7. The molecule has 0 unspecified atom stereocenters. The molecule has 2 heterocycles. The van der Waals surface area contributed by atoms with E-state index in [1.807, 2.05) is 45.0 Å². The molecule has 1 aliphatic rings. The van der Waals surface area contributed by atoms with E-state index in [1.54, 1.807) is 54.6 Å². The molecule has 4 aromatic rings. The number of nitrogens with zero attached hydrogens (tertiary/aromatic N) is 1. The number of rotatable bonds is 13. The minimum atomic E-state index is -1.84. The van der Waals surface area contributed by atoms with Gasteiger partial charge in [0.15, 0.2) is 6.10 Å². The Hall–Kier alpha value is -5.47. The van der Waals surface area contributed by atoms with Gasteiger partial charge in [-0.1, -0.05) is 72.8 Å². The highest BCUT2D eigenvalue weighted by molar-refractivity contribution is 8.00. The predicted molar refractivity (Wildman–Crippen MR) is 196 cm³/mol. The number of nitrogens with one attached hydrogen (secondary N) is 3. The van der Waals surface area contributed by atoms with E-state index < -0.39 is 76.1 Å². The van der Waals surface area contributed by atoms with Gasteiger partial charge in [-0.25, -0.2) is 4.79 Å². The van der Waals surface area contributed by atoms with Crippen molar-refractivity contribution in [3.05, 3.63) is 118 Å². The number of thioether (sulfide) groups is 1. The number of carbonyl (C=O) groups excluding carboxylic acids is 5. The highest BCUT2D eigenvalue weighted by atomic mass is 32.2. The molecule has 1 saturated heterocycles. The van der Waals surface area contributed by atoms with Crippen LogP contribution in [0.4, 0.5) is 0 Å². The second kappa shape index (κ2) is 16.3. The van der Waals surface area contributed by atoms with E-state index in [4.69, 9.17) is 10.2 Å². The fourth-order valence-corrected chi connectivity index (χ4v) is 7.24. The lowest BCUT2D eigenvalue weighted by molar-refractivity contribution is -0.148. The Morgan fingerprint density at radius 3 is 2.37 bits per heavy atom. The van der Waals surface area contributed by atoms with Crippen molar-refractivity contribution in [2.75, 3.05) is 5.88 Å². The lowest BCUT2D eigenvalue weighted by atomic mass is 9.96. The molecular formula is C38H41N5O8S. The summed E-state index contributed by atoms with van der Waals surface area (Å²) >= 11 is 1.38. The molecule has 5 amide bonds. The minimum absolute atomic E-state index is 0.0283. The smallest absolute Gasteiger partial charge is 0.349 e. The van der Waals surface area contributed by atoms with Gasteiger partial charge in [-0.05, 0) is 56.0 Å². The van der Waals surface area contributed by atoms with Gasteiger partial charge in [0.2, 0.25) is 17.7 Å². The first-order valence-electron chi connectivity index (χ1n) is 16.7. The van der Waals surface area contributed by atoms with Crippen LogP contribution in [0.5, 0.6) is 0 Å². The van der Waals surface area contributed by atoms with Crippen LogP contribution >= 0.6 is 11.8 Å². The summed E-state index contributed by atoms with van der Waals surface area (Å²) in [6.07, 6.45) is -2.53. The van der Waals surface area contributed by atoms with Crippen LogP contribution in [0.2, 0.25) is 0 Å². The van der Waals surface area contributed by atoms with E-state index in [-0.39, 0.29) is 24.4 Å². The Morgan fingerprint density at radius 1 is 0.981 bits per heavy atom. The molecule has 14 heteroatoms. The fraction of sp³-hybridized carbons (Fsp3) is 0.316. The number of hydrogen-bond donors (Lipinski definition) is 5. The number of nitrogens with two attached hydrogens (primary N) is 1. The van der Waals surface area contributed by atoms with Crippen molar-refractivity contribution in [2.45, 2.75) is 69.1 Å². The van der Waals surface area contributed by atoms with Gasteiger partial charge in [0.25, 0.3) is 11.8 Å². The summed E-state index contributed by atoms with van der Waals surface area (Å²) in [7, 11) is 0. The van der Waals surface area contributed by atoms with E-state index in [9.17, 15) is 33.9 Å². The van der Waals surface area contributed by atoms with Crippen LogP contribution in [0.25, 0.3) is 11.0 Å². The standard InChI is InChI=1S/C38H41N5O8S/c1-22-11-7-8-15-25(22)20-40-35(48)32-38(2,3)52-21-43(32)36(49)31(45)27(17-23-12-5-4-6-13-23)41-34(47)28(19-30(39)44)42-33(46)26-18-24-14-9-10-16-29(24)51-37(26)50/h4-16,18,27-28,31-32,45H,17,19-21H2,1-3H3,(H2,39,44)(H,40,48)(H,41,47)(H,42,46)/t27-,28-,31-,32+/m0/s1. The van der Waals surface area contributed by atoms with Gasteiger partial charge in [-0.2, -0.15) is 0 Å². The van der Waals surface area contributed by atoms with Gasteiger partial charge >= 0.3 is 5.63 Å². The summed E-state index contributed by atoms with van der Waals surface area (Å²) in [4.78, 5) is 80.8. The molecule has 6 N–H and O–H groups in total. The topological polar surface area (TPSA) is 201 Å². The average molecular weight is 728 g/mol. The average Bonchev–Trinajstić information content (AvgIpc) is 3.44. The number of aryl methyl sites for hydroxylation is 1. The van der Waals surface area contributed by atoms with Gasteiger partial charge in [-0.3, -0.25) is 24.0 Å². The minimum Gasteiger partial charge on any atom is -0.422 e. The first kappa shape index (κ1) is 37.8. The maximum absolute atomic E-state index is 14.1. The Kier molecular flexibility index (Phi) is 11.8. The zero-order chi connectivity index (χ0) is 37.6. The lowest BCUT2D eigenvalue weighted by Crippen LogP contribution is -2.60. The number of para-hydroxylation sites is 1. The summed E-state index contributed by atoms with van der Waals surface area (Å²) in [5, 5.41) is 20.0. The van der Waals surface area contributed by atoms with Crippen molar-refractivity contribution in [2.24, 2.45) is 5.73 Å². The fourth-order valence-electron chi connectivity index (χ4n) is 6.10. The van der Waals surface area contributed by atoms with Gasteiger partial charge < -0.3 is 36.1 Å². The molecule has 0 aliphatic carbocycles. The Balaban J connectivity index is 1.37. The Labute approximate surface area is 304 Å². The maximum atomic E-state index is 14.1. The number of aliphatic hydroxyl groups excluding tert-OH is 1. The molecule has 13 nitrogen and oxygen atoms in total.